The van der Waals surface area contributed by atoms with Crippen molar-refractivity contribution in [3.8, 4) is 0 Å². The molecule has 0 saturated heterocycles. The minimum Gasteiger partial charge on any atom is -0.352 e. The third kappa shape index (κ3) is 3.98. The number of nitrogens with two attached hydrogens (primary N) is 1. The molecule has 1 aromatic rings. The molecule has 25 heavy (non-hydrogen) atoms. The standard InChI is InChI=1S/C19H26ClN3O2/c1-2-22-19(25)15-10-14(20)6-7-16(15)23-18(24)13-8-11-4-3-5-12(9-13)17(11)21/h6-7,10-13,17H,2-5,8-9,21H2,1H3,(H,22,25)(H,23,24). The normalized spacial score (nSPS) is 28.3. The molecule has 2 amide bonds. The molecule has 2 aliphatic carbocycles. The summed E-state index contributed by atoms with van der Waals surface area (Å²) in [7, 11) is 0. The van der Waals surface area contributed by atoms with Gasteiger partial charge in [0, 0.05) is 23.5 Å². The zero-order valence-corrected chi connectivity index (χ0v) is 15.3. The fourth-order valence-corrected chi connectivity index (χ4v) is 4.48. The number of hydrogen-bond acceptors (Lipinski definition) is 3. The van der Waals surface area contributed by atoms with Gasteiger partial charge < -0.3 is 16.4 Å². The monoisotopic (exact) mass is 363 g/mol. The van der Waals surface area contributed by atoms with Crippen LogP contribution in [0.4, 0.5) is 5.69 Å². The van der Waals surface area contributed by atoms with E-state index in [4.69, 9.17) is 17.3 Å². The Kier molecular flexibility index (Phi) is 5.64. The molecule has 136 valence electrons. The van der Waals surface area contributed by atoms with Gasteiger partial charge in [-0.1, -0.05) is 18.0 Å². The Hall–Kier alpha value is -1.59. The second kappa shape index (κ2) is 7.75. The zero-order valence-electron chi connectivity index (χ0n) is 14.6. The van der Waals surface area contributed by atoms with Gasteiger partial charge in [-0.3, -0.25) is 9.59 Å². The quantitative estimate of drug-likeness (QED) is 0.768. The van der Waals surface area contributed by atoms with E-state index < -0.39 is 0 Å². The van der Waals surface area contributed by atoms with Crippen LogP contribution in [0.1, 0.15) is 49.4 Å². The lowest BCUT2D eigenvalue weighted by Gasteiger charge is -2.43. The first-order chi connectivity index (χ1) is 12.0. The van der Waals surface area contributed by atoms with Gasteiger partial charge in [-0.05, 0) is 62.6 Å². The molecular weight excluding hydrogens is 338 g/mol. The van der Waals surface area contributed by atoms with Crippen molar-refractivity contribution in [2.24, 2.45) is 23.5 Å². The number of hydrogen-bond donors (Lipinski definition) is 3. The molecular formula is C19H26ClN3O2. The van der Waals surface area contributed by atoms with E-state index in [9.17, 15) is 9.59 Å². The van der Waals surface area contributed by atoms with E-state index >= 15 is 0 Å². The third-order valence-corrected chi connectivity index (χ3v) is 5.84. The van der Waals surface area contributed by atoms with Gasteiger partial charge >= 0.3 is 0 Å². The highest BCUT2D eigenvalue weighted by molar-refractivity contribution is 6.31. The Balaban J connectivity index is 1.74. The van der Waals surface area contributed by atoms with Gasteiger partial charge in [-0.2, -0.15) is 0 Å². The molecule has 3 rings (SSSR count). The Morgan fingerprint density at radius 1 is 1.24 bits per heavy atom. The molecule has 1 aromatic carbocycles. The van der Waals surface area contributed by atoms with Crippen molar-refractivity contribution in [2.75, 3.05) is 11.9 Å². The summed E-state index contributed by atoms with van der Waals surface area (Å²) in [4.78, 5) is 25.0. The maximum absolute atomic E-state index is 12.8. The molecule has 4 N–H and O–H groups in total. The number of carbonyl (C=O) groups excluding carboxylic acids is 2. The van der Waals surface area contributed by atoms with E-state index in [0.29, 0.717) is 34.7 Å². The van der Waals surface area contributed by atoms with Gasteiger partial charge in [0.2, 0.25) is 5.91 Å². The van der Waals surface area contributed by atoms with Crippen LogP contribution in [-0.4, -0.2) is 24.4 Å². The fraction of sp³-hybridized carbons (Fsp3) is 0.579. The van der Waals surface area contributed by atoms with Crippen molar-refractivity contribution in [1.29, 1.82) is 0 Å². The van der Waals surface area contributed by atoms with Gasteiger partial charge in [0.25, 0.3) is 5.91 Å². The van der Waals surface area contributed by atoms with E-state index in [0.717, 1.165) is 25.7 Å². The highest BCUT2D eigenvalue weighted by Gasteiger charge is 2.40. The number of benzene rings is 1. The maximum Gasteiger partial charge on any atom is 0.253 e. The van der Waals surface area contributed by atoms with Crippen LogP contribution in [0.2, 0.25) is 5.02 Å². The molecule has 6 heteroatoms. The summed E-state index contributed by atoms with van der Waals surface area (Å²) in [5.41, 5.74) is 7.23. The lowest BCUT2D eigenvalue weighted by molar-refractivity contribution is -0.122. The van der Waals surface area contributed by atoms with Crippen LogP contribution in [0.3, 0.4) is 0 Å². The molecule has 2 saturated carbocycles. The van der Waals surface area contributed by atoms with Gasteiger partial charge in [-0.25, -0.2) is 0 Å². The van der Waals surface area contributed by atoms with Crippen molar-refractivity contribution in [2.45, 2.75) is 45.1 Å². The third-order valence-electron chi connectivity index (χ3n) is 5.61. The molecule has 0 aliphatic heterocycles. The van der Waals surface area contributed by atoms with Crippen molar-refractivity contribution >= 4 is 29.1 Å². The lowest BCUT2D eigenvalue weighted by Crippen LogP contribution is -2.48. The maximum atomic E-state index is 12.8. The number of amides is 2. The van der Waals surface area contributed by atoms with Crippen molar-refractivity contribution < 1.29 is 9.59 Å². The molecule has 2 bridgehead atoms. The average molecular weight is 364 g/mol. The van der Waals surface area contributed by atoms with E-state index in [1.165, 1.54) is 6.42 Å². The van der Waals surface area contributed by atoms with Gasteiger partial charge in [0.15, 0.2) is 0 Å². The Morgan fingerprint density at radius 2 is 1.92 bits per heavy atom. The molecule has 0 aromatic heterocycles. The van der Waals surface area contributed by atoms with Crippen molar-refractivity contribution in [3.63, 3.8) is 0 Å². The summed E-state index contributed by atoms with van der Waals surface area (Å²) in [5.74, 6) is 0.597. The summed E-state index contributed by atoms with van der Waals surface area (Å²) in [6.45, 7) is 2.37. The smallest absolute Gasteiger partial charge is 0.253 e. The van der Waals surface area contributed by atoms with Crippen LogP contribution in [0, 0.1) is 17.8 Å². The molecule has 0 heterocycles. The van der Waals surface area contributed by atoms with E-state index in [2.05, 4.69) is 10.6 Å². The number of nitrogens with one attached hydrogen (secondary N) is 2. The Morgan fingerprint density at radius 3 is 2.56 bits per heavy atom. The van der Waals surface area contributed by atoms with Gasteiger partial charge in [0.1, 0.15) is 0 Å². The summed E-state index contributed by atoms with van der Waals surface area (Å²) in [5, 5.41) is 6.18. The number of halogens is 1. The average Bonchev–Trinajstić information content (AvgIpc) is 2.56. The second-order valence-electron chi connectivity index (χ2n) is 7.24. The zero-order chi connectivity index (χ0) is 18.0. The molecule has 5 nitrogen and oxygen atoms in total. The predicted molar refractivity (Wildman–Crippen MR) is 99.6 cm³/mol. The van der Waals surface area contributed by atoms with Crippen LogP contribution in [0.5, 0.6) is 0 Å². The number of rotatable bonds is 4. The van der Waals surface area contributed by atoms with Crippen molar-refractivity contribution in [1.82, 2.24) is 5.32 Å². The van der Waals surface area contributed by atoms with E-state index in [1.807, 2.05) is 6.92 Å². The van der Waals surface area contributed by atoms with E-state index in [1.54, 1.807) is 18.2 Å². The second-order valence-corrected chi connectivity index (χ2v) is 7.67. The molecule has 0 spiro atoms. The summed E-state index contributed by atoms with van der Waals surface area (Å²) >= 11 is 6.02. The predicted octanol–water partition coefficient (Wildman–Crippen LogP) is 3.18. The first-order valence-electron chi connectivity index (χ1n) is 9.13. The van der Waals surface area contributed by atoms with Crippen LogP contribution in [0.15, 0.2) is 18.2 Å². The number of fused-ring (bicyclic) bond motifs is 2. The Labute approximate surface area is 153 Å². The SMILES string of the molecule is CCNC(=O)c1cc(Cl)ccc1NC(=O)C1CC2CCCC(C1)C2N. The van der Waals surface area contributed by atoms with Gasteiger partial charge in [-0.15, -0.1) is 0 Å². The molecule has 2 aliphatic rings. The summed E-state index contributed by atoms with van der Waals surface area (Å²) < 4.78 is 0. The number of carbonyl (C=O) groups is 2. The fourth-order valence-electron chi connectivity index (χ4n) is 4.31. The summed E-state index contributed by atoms with van der Waals surface area (Å²) in [6.07, 6.45) is 5.14. The largest absolute Gasteiger partial charge is 0.352 e. The van der Waals surface area contributed by atoms with Crippen molar-refractivity contribution in [3.05, 3.63) is 28.8 Å². The minimum atomic E-state index is -0.233. The molecule has 2 atom stereocenters. The summed E-state index contributed by atoms with van der Waals surface area (Å²) in [6, 6.07) is 5.21. The van der Waals surface area contributed by atoms with Crippen LogP contribution >= 0.6 is 11.6 Å². The number of anilines is 1. The van der Waals surface area contributed by atoms with Crippen LogP contribution in [0.25, 0.3) is 0 Å². The topological polar surface area (TPSA) is 84.2 Å². The highest BCUT2D eigenvalue weighted by Crippen LogP contribution is 2.42. The molecule has 0 radical (unpaired) electrons. The van der Waals surface area contributed by atoms with Gasteiger partial charge in [0.05, 0.1) is 11.3 Å². The molecule has 2 fully saturated rings. The van der Waals surface area contributed by atoms with Crippen LogP contribution in [-0.2, 0) is 4.79 Å². The minimum absolute atomic E-state index is 0.0170. The highest BCUT2D eigenvalue weighted by atomic mass is 35.5. The first-order valence-corrected chi connectivity index (χ1v) is 9.51. The van der Waals surface area contributed by atoms with E-state index in [-0.39, 0.29) is 23.8 Å². The molecule has 2 unspecified atom stereocenters. The first kappa shape index (κ1) is 18.2. The Bertz CT molecular complexity index is 650. The lowest BCUT2D eigenvalue weighted by atomic mass is 9.65. The van der Waals surface area contributed by atoms with Crippen LogP contribution < -0.4 is 16.4 Å².